The SMILES string of the molecule is C=C(OC(C)=O)c1cnc(OCC2CC2)c(-c2cnc(C)cc2-c2nc(C(F)(F)F)cs2)c1. The van der Waals surface area contributed by atoms with Gasteiger partial charge in [-0.1, -0.05) is 6.58 Å². The Morgan fingerprint density at radius 3 is 2.58 bits per heavy atom. The first-order valence-corrected chi connectivity index (χ1v) is 11.0. The second-order valence-corrected chi connectivity index (χ2v) is 8.61. The number of nitrogens with zero attached hydrogens (tertiary/aromatic N) is 3. The summed E-state index contributed by atoms with van der Waals surface area (Å²) in [6.07, 6.45) is 0.640. The molecule has 0 aliphatic heterocycles. The number of rotatable bonds is 7. The first-order valence-electron chi connectivity index (χ1n) is 10.1. The van der Waals surface area contributed by atoms with E-state index in [9.17, 15) is 18.0 Å². The summed E-state index contributed by atoms with van der Waals surface area (Å²) in [5.41, 5.74) is 1.55. The highest BCUT2D eigenvalue weighted by Crippen LogP contribution is 2.41. The van der Waals surface area contributed by atoms with Crippen molar-refractivity contribution in [3.63, 3.8) is 0 Å². The number of hydrogen-bond acceptors (Lipinski definition) is 7. The maximum Gasteiger partial charge on any atom is 0.434 e. The van der Waals surface area contributed by atoms with Crippen LogP contribution in [0.15, 0.2) is 36.5 Å². The van der Waals surface area contributed by atoms with Crippen molar-refractivity contribution in [3.8, 4) is 27.6 Å². The van der Waals surface area contributed by atoms with Crippen molar-refractivity contribution in [2.24, 2.45) is 5.92 Å². The third-order valence-electron chi connectivity index (χ3n) is 4.95. The molecule has 0 N–H and O–H groups in total. The predicted molar refractivity (Wildman–Crippen MR) is 117 cm³/mol. The van der Waals surface area contributed by atoms with Gasteiger partial charge in [0.1, 0.15) is 10.8 Å². The van der Waals surface area contributed by atoms with Crippen LogP contribution in [-0.4, -0.2) is 27.5 Å². The van der Waals surface area contributed by atoms with Crippen molar-refractivity contribution < 1.29 is 27.4 Å². The largest absolute Gasteiger partial charge is 0.477 e. The molecule has 0 spiro atoms. The number of aryl methyl sites for hydroxylation is 1. The summed E-state index contributed by atoms with van der Waals surface area (Å²) in [6, 6.07) is 3.35. The maximum absolute atomic E-state index is 13.2. The first kappa shape index (κ1) is 22.9. The highest BCUT2D eigenvalue weighted by atomic mass is 32.1. The number of aromatic nitrogens is 3. The van der Waals surface area contributed by atoms with Crippen molar-refractivity contribution in [1.29, 1.82) is 0 Å². The van der Waals surface area contributed by atoms with E-state index < -0.39 is 17.8 Å². The predicted octanol–water partition coefficient (Wildman–Crippen LogP) is 5.92. The van der Waals surface area contributed by atoms with Crippen LogP contribution in [-0.2, 0) is 15.7 Å². The second kappa shape index (κ2) is 8.93. The van der Waals surface area contributed by atoms with Gasteiger partial charge in [0, 0.05) is 52.6 Å². The quantitative estimate of drug-likeness (QED) is 0.312. The zero-order chi connectivity index (χ0) is 23.8. The molecule has 1 aliphatic carbocycles. The summed E-state index contributed by atoms with van der Waals surface area (Å²) >= 11 is 0.893. The van der Waals surface area contributed by atoms with Crippen molar-refractivity contribution in [2.75, 3.05) is 6.61 Å². The van der Waals surface area contributed by atoms with Crippen molar-refractivity contribution in [1.82, 2.24) is 15.0 Å². The Labute approximate surface area is 192 Å². The minimum atomic E-state index is -4.54. The van der Waals surface area contributed by atoms with E-state index in [1.165, 1.54) is 13.1 Å². The zero-order valence-corrected chi connectivity index (χ0v) is 18.7. The average Bonchev–Trinajstić information content (AvgIpc) is 3.43. The molecule has 0 amide bonds. The van der Waals surface area contributed by atoms with Crippen LogP contribution in [0.2, 0.25) is 0 Å². The normalized spacial score (nSPS) is 13.6. The molecular formula is C23H20F3N3O3S. The minimum absolute atomic E-state index is 0.0974. The van der Waals surface area contributed by atoms with E-state index in [1.54, 1.807) is 25.3 Å². The van der Waals surface area contributed by atoms with E-state index >= 15 is 0 Å². The number of halogens is 3. The number of esters is 1. The molecule has 3 heterocycles. The Hall–Kier alpha value is -3.27. The van der Waals surface area contributed by atoms with Crippen LogP contribution >= 0.6 is 11.3 Å². The molecule has 33 heavy (non-hydrogen) atoms. The smallest absolute Gasteiger partial charge is 0.434 e. The Kier molecular flexibility index (Phi) is 6.20. The van der Waals surface area contributed by atoms with Gasteiger partial charge in [-0.05, 0) is 37.8 Å². The third kappa shape index (κ3) is 5.39. The molecule has 1 fully saturated rings. The molecule has 3 aromatic rings. The summed E-state index contributed by atoms with van der Waals surface area (Å²) in [6.45, 7) is 7.25. The number of carbonyl (C=O) groups excluding carboxylic acids is 1. The fraction of sp³-hybridized carbons (Fsp3) is 0.304. The van der Waals surface area contributed by atoms with Gasteiger partial charge in [0.05, 0.1) is 6.61 Å². The van der Waals surface area contributed by atoms with E-state index in [4.69, 9.17) is 9.47 Å². The number of thiazole rings is 1. The zero-order valence-electron chi connectivity index (χ0n) is 17.9. The van der Waals surface area contributed by atoms with Gasteiger partial charge in [0.15, 0.2) is 5.69 Å². The van der Waals surface area contributed by atoms with Crippen LogP contribution in [0.5, 0.6) is 5.88 Å². The van der Waals surface area contributed by atoms with E-state index in [-0.39, 0.29) is 10.8 Å². The molecule has 0 radical (unpaired) electrons. The van der Waals surface area contributed by atoms with Gasteiger partial charge >= 0.3 is 12.1 Å². The van der Waals surface area contributed by atoms with Crippen molar-refractivity contribution in [3.05, 3.63) is 53.4 Å². The van der Waals surface area contributed by atoms with Gasteiger partial charge in [0.25, 0.3) is 0 Å². The summed E-state index contributed by atoms with van der Waals surface area (Å²) in [7, 11) is 0. The van der Waals surface area contributed by atoms with Crippen LogP contribution in [0.3, 0.4) is 0 Å². The maximum atomic E-state index is 13.2. The lowest BCUT2D eigenvalue weighted by Crippen LogP contribution is -2.05. The lowest BCUT2D eigenvalue weighted by molar-refractivity contribution is -0.140. The van der Waals surface area contributed by atoms with Crippen molar-refractivity contribution in [2.45, 2.75) is 32.9 Å². The van der Waals surface area contributed by atoms with Crippen LogP contribution in [0, 0.1) is 12.8 Å². The Bertz CT molecular complexity index is 1220. The molecule has 0 bridgehead atoms. The van der Waals surface area contributed by atoms with Gasteiger partial charge in [-0.25, -0.2) is 9.97 Å². The van der Waals surface area contributed by atoms with Crippen LogP contribution in [0.1, 0.15) is 36.7 Å². The number of pyridine rings is 2. The lowest BCUT2D eigenvalue weighted by Gasteiger charge is -2.15. The van der Waals surface area contributed by atoms with E-state index in [0.717, 1.165) is 29.6 Å². The topological polar surface area (TPSA) is 74.2 Å². The third-order valence-corrected chi connectivity index (χ3v) is 5.82. The Morgan fingerprint density at radius 2 is 1.94 bits per heavy atom. The molecule has 1 saturated carbocycles. The van der Waals surface area contributed by atoms with Gasteiger partial charge in [0.2, 0.25) is 5.88 Å². The fourth-order valence-corrected chi connectivity index (χ4v) is 3.96. The van der Waals surface area contributed by atoms with Crippen molar-refractivity contribution >= 4 is 23.1 Å². The number of ether oxygens (including phenoxy) is 2. The number of carbonyl (C=O) groups is 1. The fourth-order valence-electron chi connectivity index (χ4n) is 3.11. The van der Waals surface area contributed by atoms with Crippen LogP contribution in [0.25, 0.3) is 27.5 Å². The monoisotopic (exact) mass is 475 g/mol. The standard InChI is InChI=1S/C23H20F3N3O3S/c1-12-6-18(22-29-20(11-33-22)23(24,25)26)19(9-27-12)17-7-16(13(2)32-14(3)30)8-28-21(17)31-10-15-4-5-15/h6-9,11,15H,2,4-5,10H2,1,3H3. The lowest BCUT2D eigenvalue weighted by atomic mass is 10.0. The molecule has 1 aliphatic rings. The van der Waals surface area contributed by atoms with Crippen LogP contribution in [0.4, 0.5) is 13.2 Å². The minimum Gasteiger partial charge on any atom is -0.477 e. The van der Waals surface area contributed by atoms with Gasteiger partial charge in [-0.15, -0.1) is 11.3 Å². The summed E-state index contributed by atoms with van der Waals surface area (Å²) < 4.78 is 50.5. The summed E-state index contributed by atoms with van der Waals surface area (Å²) in [5, 5.41) is 1.18. The highest BCUT2D eigenvalue weighted by molar-refractivity contribution is 7.13. The molecule has 0 unspecified atom stereocenters. The van der Waals surface area contributed by atoms with E-state index in [1.807, 2.05) is 0 Å². The highest BCUT2D eigenvalue weighted by Gasteiger charge is 2.34. The average molecular weight is 475 g/mol. The van der Waals surface area contributed by atoms with E-state index in [2.05, 4.69) is 21.5 Å². The van der Waals surface area contributed by atoms with Gasteiger partial charge in [-0.2, -0.15) is 13.2 Å². The molecule has 0 atom stereocenters. The molecule has 4 rings (SSSR count). The summed E-state index contributed by atoms with van der Waals surface area (Å²) in [5.74, 6) is 0.330. The van der Waals surface area contributed by atoms with Gasteiger partial charge in [-0.3, -0.25) is 9.78 Å². The summed E-state index contributed by atoms with van der Waals surface area (Å²) in [4.78, 5) is 23.9. The molecule has 6 nitrogen and oxygen atoms in total. The number of hydrogen-bond donors (Lipinski definition) is 0. The Morgan fingerprint density at radius 1 is 1.18 bits per heavy atom. The Balaban J connectivity index is 1.83. The molecule has 0 saturated heterocycles. The van der Waals surface area contributed by atoms with Crippen LogP contribution < -0.4 is 4.74 Å². The molecule has 10 heteroatoms. The number of alkyl halides is 3. The molecule has 172 valence electrons. The molecule has 3 aromatic heterocycles. The second-order valence-electron chi connectivity index (χ2n) is 7.75. The van der Waals surface area contributed by atoms with Gasteiger partial charge < -0.3 is 9.47 Å². The molecule has 0 aromatic carbocycles. The van der Waals surface area contributed by atoms with E-state index in [0.29, 0.717) is 46.4 Å². The first-order chi connectivity index (χ1) is 15.6. The molecular weight excluding hydrogens is 455 g/mol.